The van der Waals surface area contributed by atoms with Crippen LogP contribution in [0.5, 0.6) is 0 Å². The standard InChI is InChI=1S/C16H11ClF3NO/c17-11-8-14(20)13(19)7-10(11)16(22)21-6-2-4-9-3-1-5-12(18)15(9)21/h1,3,5,7-8H,2,4,6H2. The fourth-order valence-corrected chi connectivity index (χ4v) is 2.87. The van der Waals surface area contributed by atoms with E-state index in [2.05, 4.69) is 0 Å². The van der Waals surface area contributed by atoms with Crippen LogP contribution < -0.4 is 4.90 Å². The first-order valence-electron chi connectivity index (χ1n) is 6.73. The van der Waals surface area contributed by atoms with Crippen LogP contribution in [0.2, 0.25) is 5.02 Å². The molecule has 1 aliphatic rings. The maximum atomic E-state index is 14.1. The van der Waals surface area contributed by atoms with Gasteiger partial charge in [0.05, 0.1) is 16.3 Å². The van der Waals surface area contributed by atoms with Gasteiger partial charge in [-0.25, -0.2) is 13.2 Å². The number of para-hydroxylation sites is 1. The second kappa shape index (κ2) is 5.65. The second-order valence-electron chi connectivity index (χ2n) is 5.05. The van der Waals surface area contributed by atoms with Crippen molar-refractivity contribution in [1.82, 2.24) is 0 Å². The summed E-state index contributed by atoms with van der Waals surface area (Å²) in [5.74, 6) is -3.47. The van der Waals surface area contributed by atoms with Crippen LogP contribution in [0.3, 0.4) is 0 Å². The zero-order valence-corrected chi connectivity index (χ0v) is 12.1. The van der Waals surface area contributed by atoms with Gasteiger partial charge in [0.15, 0.2) is 11.6 Å². The van der Waals surface area contributed by atoms with Crippen molar-refractivity contribution in [3.63, 3.8) is 0 Å². The zero-order chi connectivity index (χ0) is 15.9. The summed E-state index contributed by atoms with van der Waals surface area (Å²) in [7, 11) is 0. The topological polar surface area (TPSA) is 20.3 Å². The normalized spacial score (nSPS) is 13.9. The van der Waals surface area contributed by atoms with Crippen LogP contribution in [0.1, 0.15) is 22.3 Å². The third kappa shape index (κ3) is 2.46. The Balaban J connectivity index is 2.07. The van der Waals surface area contributed by atoms with Gasteiger partial charge in [-0.3, -0.25) is 4.79 Å². The Bertz CT molecular complexity index is 763. The Hall–Kier alpha value is -2.01. The molecule has 3 rings (SSSR count). The Morgan fingerprint density at radius 2 is 1.82 bits per heavy atom. The maximum Gasteiger partial charge on any atom is 0.259 e. The number of benzene rings is 2. The summed E-state index contributed by atoms with van der Waals surface area (Å²) < 4.78 is 40.6. The molecule has 2 aromatic carbocycles. The molecule has 2 aromatic rings. The number of anilines is 1. The quantitative estimate of drug-likeness (QED) is 0.714. The highest BCUT2D eigenvalue weighted by Gasteiger charge is 2.28. The number of amides is 1. The van der Waals surface area contributed by atoms with Crippen LogP contribution in [0, 0.1) is 17.5 Å². The number of nitrogens with zero attached hydrogens (tertiary/aromatic N) is 1. The SMILES string of the molecule is O=C(c1cc(F)c(F)cc1Cl)N1CCCc2cccc(F)c21. The first-order chi connectivity index (χ1) is 10.5. The molecule has 2 nitrogen and oxygen atoms in total. The van der Waals surface area contributed by atoms with E-state index >= 15 is 0 Å². The molecule has 1 amide bonds. The molecule has 114 valence electrons. The van der Waals surface area contributed by atoms with Crippen molar-refractivity contribution in [3.05, 3.63) is 63.9 Å². The van der Waals surface area contributed by atoms with E-state index in [9.17, 15) is 18.0 Å². The lowest BCUT2D eigenvalue weighted by molar-refractivity contribution is 0.0983. The minimum absolute atomic E-state index is 0.180. The average molecular weight is 326 g/mol. The molecule has 0 atom stereocenters. The number of halogens is 4. The predicted molar refractivity (Wildman–Crippen MR) is 77.8 cm³/mol. The summed E-state index contributed by atoms with van der Waals surface area (Å²) >= 11 is 5.83. The Morgan fingerprint density at radius 3 is 2.59 bits per heavy atom. The van der Waals surface area contributed by atoms with Crippen molar-refractivity contribution >= 4 is 23.2 Å². The summed E-state index contributed by atoms with van der Waals surface area (Å²) in [4.78, 5) is 13.8. The lowest BCUT2D eigenvalue weighted by atomic mass is 10.0. The Morgan fingerprint density at radius 1 is 1.09 bits per heavy atom. The van der Waals surface area contributed by atoms with Crippen molar-refractivity contribution in [2.45, 2.75) is 12.8 Å². The van der Waals surface area contributed by atoms with E-state index < -0.39 is 23.4 Å². The summed E-state index contributed by atoms with van der Waals surface area (Å²) in [5.41, 5.74) is 0.703. The molecule has 0 saturated carbocycles. The summed E-state index contributed by atoms with van der Waals surface area (Å²) in [5, 5.41) is -0.202. The summed E-state index contributed by atoms with van der Waals surface area (Å²) in [6.07, 6.45) is 1.31. The van der Waals surface area contributed by atoms with Crippen LogP contribution in [-0.4, -0.2) is 12.5 Å². The average Bonchev–Trinajstić information content (AvgIpc) is 2.50. The monoisotopic (exact) mass is 325 g/mol. The highest BCUT2D eigenvalue weighted by atomic mass is 35.5. The fourth-order valence-electron chi connectivity index (χ4n) is 2.64. The Kier molecular flexibility index (Phi) is 3.83. The number of carbonyl (C=O) groups excluding carboxylic acids is 1. The molecular weight excluding hydrogens is 315 g/mol. The molecule has 0 spiro atoms. The van der Waals surface area contributed by atoms with E-state index in [-0.39, 0.29) is 16.3 Å². The van der Waals surface area contributed by atoms with Crippen LogP contribution in [0.4, 0.5) is 18.9 Å². The van der Waals surface area contributed by atoms with E-state index in [0.717, 1.165) is 12.1 Å². The first-order valence-corrected chi connectivity index (χ1v) is 7.10. The number of fused-ring (bicyclic) bond motifs is 1. The predicted octanol–water partition coefficient (Wildman–Crippen LogP) is 4.35. The molecule has 6 heteroatoms. The zero-order valence-electron chi connectivity index (χ0n) is 11.4. The molecule has 1 heterocycles. The van der Waals surface area contributed by atoms with Gasteiger partial charge in [0.25, 0.3) is 5.91 Å². The van der Waals surface area contributed by atoms with Gasteiger partial charge in [-0.2, -0.15) is 0 Å². The number of carbonyl (C=O) groups is 1. The van der Waals surface area contributed by atoms with E-state index in [1.54, 1.807) is 12.1 Å². The van der Waals surface area contributed by atoms with Gasteiger partial charge >= 0.3 is 0 Å². The van der Waals surface area contributed by atoms with E-state index in [1.165, 1.54) is 11.0 Å². The summed E-state index contributed by atoms with van der Waals surface area (Å²) in [6.45, 7) is 0.294. The lowest BCUT2D eigenvalue weighted by Gasteiger charge is -2.30. The third-order valence-corrected chi connectivity index (χ3v) is 3.97. The van der Waals surface area contributed by atoms with Gasteiger partial charge < -0.3 is 4.90 Å². The molecule has 0 N–H and O–H groups in total. The molecule has 0 unspecified atom stereocenters. The van der Waals surface area contributed by atoms with Crippen molar-refractivity contribution in [3.8, 4) is 0 Å². The van der Waals surface area contributed by atoms with E-state index in [0.29, 0.717) is 24.9 Å². The van der Waals surface area contributed by atoms with E-state index in [4.69, 9.17) is 11.6 Å². The largest absolute Gasteiger partial charge is 0.305 e. The van der Waals surface area contributed by atoms with Gasteiger partial charge in [-0.15, -0.1) is 0 Å². The van der Waals surface area contributed by atoms with Crippen LogP contribution in [0.25, 0.3) is 0 Å². The lowest BCUT2D eigenvalue weighted by Crippen LogP contribution is -2.36. The van der Waals surface area contributed by atoms with Crippen molar-refractivity contribution in [2.75, 3.05) is 11.4 Å². The maximum absolute atomic E-state index is 14.1. The minimum atomic E-state index is -1.17. The van der Waals surface area contributed by atoms with E-state index in [1.807, 2.05) is 0 Å². The molecule has 0 saturated heterocycles. The summed E-state index contributed by atoms with van der Waals surface area (Å²) in [6, 6.07) is 6.07. The molecule has 0 aromatic heterocycles. The van der Waals surface area contributed by atoms with Crippen LogP contribution >= 0.6 is 11.6 Å². The number of aryl methyl sites for hydroxylation is 1. The second-order valence-corrected chi connectivity index (χ2v) is 5.46. The molecule has 0 radical (unpaired) electrons. The number of rotatable bonds is 1. The van der Waals surface area contributed by atoms with Crippen LogP contribution in [-0.2, 0) is 6.42 Å². The highest BCUT2D eigenvalue weighted by molar-refractivity contribution is 6.34. The Labute approximate surface area is 130 Å². The highest BCUT2D eigenvalue weighted by Crippen LogP contribution is 2.32. The molecular formula is C16H11ClF3NO. The van der Waals surface area contributed by atoms with Crippen molar-refractivity contribution in [2.24, 2.45) is 0 Å². The van der Waals surface area contributed by atoms with Crippen LogP contribution in [0.15, 0.2) is 30.3 Å². The van der Waals surface area contributed by atoms with Crippen molar-refractivity contribution in [1.29, 1.82) is 0 Å². The van der Waals surface area contributed by atoms with Crippen molar-refractivity contribution < 1.29 is 18.0 Å². The smallest absolute Gasteiger partial charge is 0.259 e. The molecule has 0 aliphatic carbocycles. The first kappa shape index (κ1) is 14.9. The van der Waals surface area contributed by atoms with Gasteiger partial charge in [-0.05, 0) is 36.6 Å². The van der Waals surface area contributed by atoms with Gasteiger partial charge in [0.1, 0.15) is 5.82 Å². The molecule has 1 aliphatic heterocycles. The van der Waals surface area contributed by atoms with Gasteiger partial charge in [0.2, 0.25) is 0 Å². The van der Waals surface area contributed by atoms with Gasteiger partial charge in [-0.1, -0.05) is 23.7 Å². The molecule has 0 fully saturated rings. The van der Waals surface area contributed by atoms with Gasteiger partial charge in [0, 0.05) is 6.54 Å². The molecule has 22 heavy (non-hydrogen) atoms. The minimum Gasteiger partial charge on any atom is -0.305 e. The third-order valence-electron chi connectivity index (χ3n) is 3.65. The number of hydrogen-bond acceptors (Lipinski definition) is 1. The number of hydrogen-bond donors (Lipinski definition) is 0. The molecule has 0 bridgehead atoms. The fraction of sp³-hybridized carbons (Fsp3) is 0.188.